The number of phenols is 1. The molecule has 1 heterocycles. The Balaban J connectivity index is 1.88. The minimum Gasteiger partial charge on any atom is -0.506 e. The van der Waals surface area contributed by atoms with Crippen LogP contribution in [-0.4, -0.2) is 36.3 Å². The molecule has 0 spiro atoms. The van der Waals surface area contributed by atoms with E-state index in [0.717, 1.165) is 11.8 Å². The summed E-state index contributed by atoms with van der Waals surface area (Å²) in [6.45, 7) is 7.02. The lowest BCUT2D eigenvalue weighted by Crippen LogP contribution is -2.18. The molecule has 0 bridgehead atoms. The number of hydrogen-bond acceptors (Lipinski definition) is 7. The average Bonchev–Trinajstić information content (AvgIpc) is 3.06. The maximum atomic E-state index is 11.8. The van der Waals surface area contributed by atoms with E-state index >= 15 is 0 Å². The number of nitrogens with one attached hydrogen (secondary N) is 2. The van der Waals surface area contributed by atoms with Gasteiger partial charge in [0, 0.05) is 11.8 Å². The third-order valence-electron chi connectivity index (χ3n) is 4.60. The van der Waals surface area contributed by atoms with Gasteiger partial charge in [-0.1, -0.05) is 6.58 Å². The minimum atomic E-state index is -3.68. The topological polar surface area (TPSA) is 138 Å². The van der Waals surface area contributed by atoms with Gasteiger partial charge in [0.2, 0.25) is 15.9 Å². The molecule has 0 atom stereocenters. The number of azo groups is 1. The summed E-state index contributed by atoms with van der Waals surface area (Å²) in [5, 5.41) is 25.6. The van der Waals surface area contributed by atoms with Gasteiger partial charge in [0.25, 0.3) is 0 Å². The first kappa shape index (κ1) is 22.8. The van der Waals surface area contributed by atoms with Crippen LogP contribution in [-0.2, 0) is 14.8 Å². The van der Waals surface area contributed by atoms with E-state index in [2.05, 4.69) is 31.9 Å². The molecule has 0 saturated carbocycles. The molecule has 3 aromatic rings. The SMILES string of the molecule is C=CC(=O)Nc1ccc(-n2nc(C)c(N=Nc3ccc(S(=O)(=O)NC)cc3O)c2C)cc1. The van der Waals surface area contributed by atoms with Gasteiger partial charge in [0.15, 0.2) is 0 Å². The third-order valence-corrected chi connectivity index (χ3v) is 6.01. The lowest BCUT2D eigenvalue weighted by atomic mass is 10.2. The molecule has 10 nitrogen and oxygen atoms in total. The van der Waals surface area contributed by atoms with Crippen molar-refractivity contribution < 1.29 is 18.3 Å². The fourth-order valence-corrected chi connectivity index (χ4v) is 3.64. The predicted octanol–water partition coefficient (Wildman–Crippen LogP) is 3.64. The van der Waals surface area contributed by atoms with E-state index in [-0.39, 0.29) is 22.2 Å². The number of amides is 1. The second-order valence-electron chi connectivity index (χ2n) is 6.73. The number of rotatable bonds is 7. The summed E-state index contributed by atoms with van der Waals surface area (Å²) in [4.78, 5) is 11.3. The van der Waals surface area contributed by atoms with Crippen molar-refractivity contribution in [2.45, 2.75) is 18.7 Å². The van der Waals surface area contributed by atoms with Crippen molar-refractivity contribution in [3.05, 3.63) is 66.5 Å². The molecule has 0 aliphatic heterocycles. The Morgan fingerprint density at radius 2 is 1.84 bits per heavy atom. The van der Waals surface area contributed by atoms with Crippen LogP contribution >= 0.6 is 0 Å². The Hall–Kier alpha value is -3.83. The maximum absolute atomic E-state index is 11.8. The standard InChI is InChI=1S/C21H22N6O4S/c1-5-20(29)23-15-6-8-16(9-7-15)27-14(3)21(13(2)26-27)25-24-18-11-10-17(12-19(18)28)32(30,31)22-4/h5-12,22,28H,1H2,2-4H3,(H,23,29). The van der Waals surface area contributed by atoms with E-state index in [1.165, 1.54) is 25.3 Å². The Labute approximate surface area is 185 Å². The predicted molar refractivity (Wildman–Crippen MR) is 120 cm³/mol. The normalized spacial score (nSPS) is 11.6. The minimum absolute atomic E-state index is 0.0793. The zero-order valence-corrected chi connectivity index (χ0v) is 18.5. The van der Waals surface area contributed by atoms with Crippen LogP contribution in [0.3, 0.4) is 0 Å². The number of sulfonamides is 1. The molecule has 1 amide bonds. The first-order valence-electron chi connectivity index (χ1n) is 9.44. The largest absolute Gasteiger partial charge is 0.506 e. The van der Waals surface area contributed by atoms with Gasteiger partial charge in [-0.2, -0.15) is 5.10 Å². The number of aromatic hydroxyl groups is 1. The lowest BCUT2D eigenvalue weighted by molar-refractivity contribution is -0.111. The summed E-state index contributed by atoms with van der Waals surface area (Å²) >= 11 is 0. The molecular formula is C21H22N6O4S. The van der Waals surface area contributed by atoms with Crippen molar-refractivity contribution in [2.75, 3.05) is 12.4 Å². The quantitative estimate of drug-likeness (QED) is 0.370. The lowest BCUT2D eigenvalue weighted by Gasteiger charge is -2.07. The zero-order valence-electron chi connectivity index (χ0n) is 17.7. The fourth-order valence-electron chi connectivity index (χ4n) is 2.89. The second kappa shape index (κ2) is 9.12. The van der Waals surface area contributed by atoms with E-state index in [0.29, 0.717) is 22.8 Å². The van der Waals surface area contributed by atoms with Gasteiger partial charge in [0.1, 0.15) is 17.1 Å². The van der Waals surface area contributed by atoms with Crippen LogP contribution in [0.15, 0.2) is 70.2 Å². The van der Waals surface area contributed by atoms with Crippen LogP contribution in [0.2, 0.25) is 0 Å². The zero-order chi connectivity index (χ0) is 23.5. The van der Waals surface area contributed by atoms with Crippen molar-refractivity contribution in [1.29, 1.82) is 0 Å². The summed E-state index contributed by atoms with van der Waals surface area (Å²) in [5.41, 5.74) is 3.34. The monoisotopic (exact) mass is 454 g/mol. The first-order chi connectivity index (χ1) is 15.2. The molecule has 0 aliphatic rings. The number of aromatic nitrogens is 2. The second-order valence-corrected chi connectivity index (χ2v) is 8.62. The number of carbonyl (C=O) groups excluding carboxylic acids is 1. The molecule has 0 fully saturated rings. The van der Waals surface area contributed by atoms with Gasteiger partial charge in [-0.25, -0.2) is 17.8 Å². The van der Waals surface area contributed by atoms with Crippen molar-refractivity contribution in [1.82, 2.24) is 14.5 Å². The number of nitrogens with zero attached hydrogens (tertiary/aromatic N) is 4. The van der Waals surface area contributed by atoms with Crippen LogP contribution < -0.4 is 10.0 Å². The van der Waals surface area contributed by atoms with Crippen molar-refractivity contribution in [3.63, 3.8) is 0 Å². The number of anilines is 1. The van der Waals surface area contributed by atoms with Crippen LogP contribution in [0.25, 0.3) is 5.69 Å². The van der Waals surface area contributed by atoms with Crippen LogP contribution in [0.5, 0.6) is 5.75 Å². The Kier molecular flexibility index (Phi) is 6.51. The molecule has 3 rings (SSSR count). The maximum Gasteiger partial charge on any atom is 0.247 e. The molecule has 0 unspecified atom stereocenters. The van der Waals surface area contributed by atoms with Crippen molar-refractivity contribution in [3.8, 4) is 11.4 Å². The van der Waals surface area contributed by atoms with Crippen LogP contribution in [0, 0.1) is 13.8 Å². The van der Waals surface area contributed by atoms with E-state index in [1.54, 1.807) is 35.9 Å². The van der Waals surface area contributed by atoms with Gasteiger partial charge in [0.05, 0.1) is 22.0 Å². The molecule has 166 valence electrons. The van der Waals surface area contributed by atoms with Gasteiger partial charge in [-0.3, -0.25) is 4.79 Å². The van der Waals surface area contributed by atoms with Crippen LogP contribution in [0.1, 0.15) is 11.4 Å². The highest BCUT2D eigenvalue weighted by Gasteiger charge is 2.15. The molecule has 11 heteroatoms. The molecule has 3 N–H and O–H groups in total. The van der Waals surface area contributed by atoms with Gasteiger partial charge < -0.3 is 10.4 Å². The first-order valence-corrected chi connectivity index (χ1v) is 10.9. The smallest absolute Gasteiger partial charge is 0.247 e. The highest BCUT2D eigenvalue weighted by molar-refractivity contribution is 7.89. The Morgan fingerprint density at radius 1 is 1.16 bits per heavy atom. The fraction of sp³-hybridized carbons (Fsp3) is 0.143. The Bertz CT molecular complexity index is 1310. The van der Waals surface area contributed by atoms with E-state index in [9.17, 15) is 18.3 Å². The number of aryl methyl sites for hydroxylation is 1. The summed E-state index contributed by atoms with van der Waals surface area (Å²) in [6.07, 6.45) is 1.19. The molecule has 0 radical (unpaired) electrons. The molecule has 0 aliphatic carbocycles. The van der Waals surface area contributed by atoms with Gasteiger partial charge >= 0.3 is 0 Å². The Morgan fingerprint density at radius 3 is 2.44 bits per heavy atom. The number of carbonyl (C=O) groups is 1. The van der Waals surface area contributed by atoms with Crippen molar-refractivity contribution in [2.24, 2.45) is 10.2 Å². The van der Waals surface area contributed by atoms with Crippen molar-refractivity contribution >= 4 is 33.0 Å². The average molecular weight is 455 g/mol. The summed E-state index contributed by atoms with van der Waals surface area (Å²) in [7, 11) is -2.39. The molecule has 1 aromatic heterocycles. The van der Waals surface area contributed by atoms with Gasteiger partial charge in [-0.05, 0) is 63.4 Å². The highest BCUT2D eigenvalue weighted by atomic mass is 32.2. The van der Waals surface area contributed by atoms with E-state index in [1.807, 2.05) is 6.92 Å². The van der Waals surface area contributed by atoms with E-state index < -0.39 is 10.0 Å². The van der Waals surface area contributed by atoms with Crippen LogP contribution in [0.4, 0.5) is 17.1 Å². The third kappa shape index (κ3) is 4.74. The summed E-state index contributed by atoms with van der Waals surface area (Å²) < 4.78 is 27.6. The van der Waals surface area contributed by atoms with E-state index in [4.69, 9.17) is 0 Å². The summed E-state index contributed by atoms with van der Waals surface area (Å²) in [5.74, 6) is -0.615. The molecule has 32 heavy (non-hydrogen) atoms. The molecule has 2 aromatic carbocycles. The summed E-state index contributed by atoms with van der Waals surface area (Å²) in [6, 6.07) is 10.9. The highest BCUT2D eigenvalue weighted by Crippen LogP contribution is 2.32. The molecular weight excluding hydrogens is 432 g/mol. The number of hydrogen-bond donors (Lipinski definition) is 3. The van der Waals surface area contributed by atoms with Gasteiger partial charge in [-0.15, -0.1) is 10.2 Å². The number of phenolic OH excluding ortho intramolecular Hbond substituents is 1. The number of benzene rings is 2. The molecule has 0 saturated heterocycles.